The Kier molecular flexibility index (Phi) is 61.9. The van der Waals surface area contributed by atoms with Gasteiger partial charge in [0, 0.05) is 12.8 Å². The lowest BCUT2D eigenvalue weighted by Crippen LogP contribution is -2.45. The van der Waals surface area contributed by atoms with Gasteiger partial charge in [-0.05, 0) is 51.4 Å². The first-order valence-corrected chi connectivity index (χ1v) is 33.4. The summed E-state index contributed by atoms with van der Waals surface area (Å²) in [5.74, 6) is -0.0237. The molecule has 6 nitrogen and oxygen atoms in total. The van der Waals surface area contributed by atoms with Crippen molar-refractivity contribution in [1.29, 1.82) is 0 Å². The molecule has 0 aliphatic heterocycles. The molecule has 0 aromatic carbocycles. The molecule has 2 atom stereocenters. The zero-order valence-electron chi connectivity index (χ0n) is 49.6. The molecule has 0 heterocycles. The van der Waals surface area contributed by atoms with Crippen molar-refractivity contribution in [3.8, 4) is 0 Å². The van der Waals surface area contributed by atoms with Crippen LogP contribution in [0.1, 0.15) is 380 Å². The monoisotopic (exact) mass is 1030 g/mol. The van der Waals surface area contributed by atoms with Crippen LogP contribution in [0.15, 0.2) is 12.2 Å². The van der Waals surface area contributed by atoms with Gasteiger partial charge in [0.05, 0.1) is 25.4 Å². The summed E-state index contributed by atoms with van der Waals surface area (Å²) in [7, 11) is 0. The van der Waals surface area contributed by atoms with Gasteiger partial charge < -0.3 is 20.3 Å². The molecule has 0 aromatic heterocycles. The van der Waals surface area contributed by atoms with E-state index in [1.165, 1.54) is 308 Å². The minimum Gasteiger partial charge on any atom is -0.466 e. The standard InChI is InChI=1S/C67H131NO5/c1-3-5-7-9-11-13-15-17-18-19-20-24-27-30-33-36-39-43-47-51-55-59-65(70)64(63-69)68-66(71)60-56-52-48-44-40-37-34-31-28-25-22-21-23-26-29-32-35-38-42-46-50-54-58-62-73-67(72)61-57-53-49-45-41-16-14-12-10-8-6-4-2/h25,28,64-65,69-70H,3-24,26-27,29-63H2,1-2H3,(H,68,71)/b28-25-. The van der Waals surface area contributed by atoms with Gasteiger partial charge in [0.2, 0.25) is 5.91 Å². The highest BCUT2D eigenvalue weighted by molar-refractivity contribution is 5.76. The van der Waals surface area contributed by atoms with E-state index >= 15 is 0 Å². The van der Waals surface area contributed by atoms with Crippen molar-refractivity contribution >= 4 is 11.9 Å². The fourth-order valence-electron chi connectivity index (χ4n) is 10.7. The number of unbranched alkanes of at least 4 members (excludes halogenated alkanes) is 50. The topological polar surface area (TPSA) is 95.9 Å². The van der Waals surface area contributed by atoms with Gasteiger partial charge >= 0.3 is 5.97 Å². The summed E-state index contributed by atoms with van der Waals surface area (Å²) in [6.45, 7) is 4.98. The number of ether oxygens (including phenoxy) is 1. The Balaban J connectivity index is 3.41. The van der Waals surface area contributed by atoms with Crippen LogP contribution < -0.4 is 5.32 Å². The van der Waals surface area contributed by atoms with Gasteiger partial charge in [0.25, 0.3) is 0 Å². The van der Waals surface area contributed by atoms with Crippen LogP contribution in [0.5, 0.6) is 0 Å². The Bertz CT molecular complexity index is 1100. The quantitative estimate of drug-likeness (QED) is 0.0320. The molecule has 0 saturated heterocycles. The fraction of sp³-hybridized carbons (Fsp3) is 0.940. The van der Waals surface area contributed by atoms with E-state index in [0.717, 1.165) is 38.5 Å². The first-order valence-electron chi connectivity index (χ1n) is 33.4. The number of nitrogens with one attached hydrogen (secondary N) is 1. The summed E-state index contributed by atoms with van der Waals surface area (Å²) in [4.78, 5) is 24.6. The average Bonchev–Trinajstić information content (AvgIpc) is 3.39. The molecule has 0 saturated carbocycles. The number of hydrogen-bond donors (Lipinski definition) is 3. The summed E-state index contributed by atoms with van der Waals surface area (Å²) < 4.78 is 5.48. The molecule has 0 radical (unpaired) electrons. The van der Waals surface area contributed by atoms with E-state index in [2.05, 4.69) is 31.3 Å². The Morgan fingerprint density at radius 2 is 0.644 bits per heavy atom. The van der Waals surface area contributed by atoms with Crippen molar-refractivity contribution < 1.29 is 24.5 Å². The summed E-state index contributed by atoms with van der Waals surface area (Å²) >= 11 is 0. The number of allylic oxidation sites excluding steroid dienone is 2. The molecule has 1 amide bonds. The van der Waals surface area contributed by atoms with Gasteiger partial charge in [-0.1, -0.05) is 328 Å². The number of hydrogen-bond acceptors (Lipinski definition) is 5. The first kappa shape index (κ1) is 71.6. The van der Waals surface area contributed by atoms with Gasteiger partial charge in [-0.15, -0.1) is 0 Å². The maximum atomic E-state index is 12.5. The van der Waals surface area contributed by atoms with Crippen LogP contribution in [0.3, 0.4) is 0 Å². The highest BCUT2D eigenvalue weighted by Gasteiger charge is 2.20. The van der Waals surface area contributed by atoms with Gasteiger partial charge in [-0.3, -0.25) is 9.59 Å². The minimum atomic E-state index is -0.668. The van der Waals surface area contributed by atoms with Gasteiger partial charge in [0.15, 0.2) is 0 Å². The van der Waals surface area contributed by atoms with Crippen LogP contribution >= 0.6 is 0 Å². The second-order valence-electron chi connectivity index (χ2n) is 23.2. The van der Waals surface area contributed by atoms with Crippen molar-refractivity contribution in [3.63, 3.8) is 0 Å². The Morgan fingerprint density at radius 3 is 0.973 bits per heavy atom. The normalized spacial score (nSPS) is 12.5. The predicted octanol–water partition coefficient (Wildman–Crippen LogP) is 21.2. The third kappa shape index (κ3) is 59.7. The molecule has 73 heavy (non-hydrogen) atoms. The van der Waals surface area contributed by atoms with Crippen molar-refractivity contribution in [2.24, 2.45) is 0 Å². The van der Waals surface area contributed by atoms with Crippen molar-refractivity contribution in [2.45, 2.75) is 392 Å². The van der Waals surface area contributed by atoms with Crippen LogP contribution in [0.2, 0.25) is 0 Å². The Morgan fingerprint density at radius 1 is 0.370 bits per heavy atom. The summed E-state index contributed by atoms with van der Waals surface area (Å²) in [5, 5.41) is 23.4. The smallest absolute Gasteiger partial charge is 0.305 e. The molecule has 0 fully saturated rings. The molecular weight excluding hydrogens is 899 g/mol. The zero-order valence-corrected chi connectivity index (χ0v) is 49.6. The molecule has 6 heteroatoms. The highest BCUT2D eigenvalue weighted by atomic mass is 16.5. The van der Waals surface area contributed by atoms with Gasteiger partial charge in [-0.25, -0.2) is 0 Å². The second-order valence-corrected chi connectivity index (χ2v) is 23.2. The van der Waals surface area contributed by atoms with E-state index in [1.807, 2.05) is 0 Å². The average molecular weight is 1030 g/mol. The third-order valence-electron chi connectivity index (χ3n) is 15.8. The second kappa shape index (κ2) is 63.1. The number of carbonyl (C=O) groups excluding carboxylic acids is 2. The lowest BCUT2D eigenvalue weighted by atomic mass is 10.0. The third-order valence-corrected chi connectivity index (χ3v) is 15.8. The highest BCUT2D eigenvalue weighted by Crippen LogP contribution is 2.19. The first-order chi connectivity index (χ1) is 36.0. The molecule has 0 bridgehead atoms. The molecule has 0 aliphatic rings. The zero-order chi connectivity index (χ0) is 52.9. The maximum Gasteiger partial charge on any atom is 0.305 e. The minimum absolute atomic E-state index is 0.0132. The maximum absolute atomic E-state index is 12.5. The summed E-state index contributed by atoms with van der Waals surface area (Å²) in [6, 6.07) is -0.546. The lowest BCUT2D eigenvalue weighted by Gasteiger charge is -2.22. The molecular formula is C67H131NO5. The van der Waals surface area contributed by atoms with E-state index in [-0.39, 0.29) is 18.5 Å². The molecule has 0 rings (SSSR count). The molecule has 0 aliphatic carbocycles. The molecule has 434 valence electrons. The number of carbonyl (C=O) groups is 2. The van der Waals surface area contributed by atoms with E-state index in [0.29, 0.717) is 25.9 Å². The summed E-state index contributed by atoms with van der Waals surface area (Å²) in [6.07, 6.45) is 76.7. The molecule has 0 aromatic rings. The van der Waals surface area contributed by atoms with Crippen LogP contribution in [0.25, 0.3) is 0 Å². The van der Waals surface area contributed by atoms with E-state index in [9.17, 15) is 19.8 Å². The van der Waals surface area contributed by atoms with Crippen molar-refractivity contribution in [3.05, 3.63) is 12.2 Å². The number of esters is 1. The van der Waals surface area contributed by atoms with E-state index < -0.39 is 12.1 Å². The Labute approximate surface area is 457 Å². The molecule has 2 unspecified atom stereocenters. The fourth-order valence-corrected chi connectivity index (χ4v) is 10.7. The van der Waals surface area contributed by atoms with Crippen molar-refractivity contribution in [2.75, 3.05) is 13.2 Å². The van der Waals surface area contributed by atoms with E-state index in [4.69, 9.17) is 4.74 Å². The van der Waals surface area contributed by atoms with Crippen LogP contribution in [-0.2, 0) is 14.3 Å². The van der Waals surface area contributed by atoms with Crippen LogP contribution in [0.4, 0.5) is 0 Å². The van der Waals surface area contributed by atoms with Crippen molar-refractivity contribution in [1.82, 2.24) is 5.32 Å². The number of amides is 1. The largest absolute Gasteiger partial charge is 0.466 e. The molecule has 3 N–H and O–H groups in total. The van der Waals surface area contributed by atoms with Gasteiger partial charge in [0.1, 0.15) is 0 Å². The molecule has 0 spiro atoms. The van der Waals surface area contributed by atoms with Crippen LogP contribution in [0, 0.1) is 0 Å². The lowest BCUT2D eigenvalue weighted by molar-refractivity contribution is -0.143. The SMILES string of the molecule is CCCCCCCCCCCCCCCCCCCCCCCC(O)C(CO)NC(=O)CCCCCCCCC/C=C\CCCCCCCCCCCCCCOC(=O)CCCCCCCCCCCCCC. The predicted molar refractivity (Wildman–Crippen MR) is 320 cm³/mol. The summed E-state index contributed by atoms with van der Waals surface area (Å²) in [5.41, 5.74) is 0. The number of rotatable bonds is 63. The number of aliphatic hydroxyl groups is 2. The Hall–Kier alpha value is -1.40. The number of aliphatic hydroxyl groups excluding tert-OH is 2. The van der Waals surface area contributed by atoms with E-state index in [1.54, 1.807) is 0 Å². The van der Waals surface area contributed by atoms with Crippen LogP contribution in [-0.4, -0.2) is 47.4 Å². The van der Waals surface area contributed by atoms with Gasteiger partial charge in [-0.2, -0.15) is 0 Å².